The summed E-state index contributed by atoms with van der Waals surface area (Å²) in [7, 11) is 0. The maximum Gasteiger partial charge on any atom is 0.490 e. The third kappa shape index (κ3) is 4.90. The number of hydrogen-bond donors (Lipinski definition) is 1. The fraction of sp³-hybridized carbons (Fsp3) is 0.800. The number of hydrogen-bond acceptors (Lipinski definition) is 4. The number of carbonyl (C=O) groups is 2. The quantitative estimate of drug-likeness (QED) is 0.465. The van der Waals surface area contributed by atoms with E-state index in [0.717, 1.165) is 6.92 Å². The van der Waals surface area contributed by atoms with Gasteiger partial charge in [-0.1, -0.05) is 11.6 Å². The van der Waals surface area contributed by atoms with Crippen LogP contribution in [-0.4, -0.2) is 48.0 Å². The van der Waals surface area contributed by atoms with Gasteiger partial charge in [0, 0.05) is 6.42 Å². The minimum Gasteiger partial charge on any atom is -0.451 e. The SMILES string of the molecule is C[C@@H]1O[C@@H](Cl)C[C@H](NC(=O)C(F)(F)F)[C@@H]1OC(=O)C(F)(F)F. The zero-order valence-corrected chi connectivity index (χ0v) is 11.6. The summed E-state index contributed by atoms with van der Waals surface area (Å²) in [4.78, 5) is 21.7. The predicted molar refractivity (Wildman–Crippen MR) is 58.7 cm³/mol. The van der Waals surface area contributed by atoms with E-state index in [-0.39, 0.29) is 0 Å². The second-order valence-electron chi connectivity index (χ2n) is 4.43. The zero-order chi connectivity index (χ0) is 17.3. The van der Waals surface area contributed by atoms with Crippen molar-refractivity contribution < 1.29 is 45.4 Å². The molecular formula is C10H10ClF6NO4. The van der Waals surface area contributed by atoms with Crippen LogP contribution in [0, 0.1) is 0 Å². The van der Waals surface area contributed by atoms with E-state index in [0.29, 0.717) is 0 Å². The molecule has 0 bridgehead atoms. The lowest BCUT2D eigenvalue weighted by atomic mass is 10.00. The number of alkyl halides is 7. The Bertz CT molecular complexity index is 440. The topological polar surface area (TPSA) is 64.6 Å². The average Bonchev–Trinajstić information content (AvgIpc) is 2.30. The average molecular weight is 358 g/mol. The molecule has 1 rings (SSSR count). The summed E-state index contributed by atoms with van der Waals surface area (Å²) in [5.74, 6) is -4.99. The van der Waals surface area contributed by atoms with Crippen LogP contribution in [0.3, 0.4) is 0 Å². The van der Waals surface area contributed by atoms with E-state index in [2.05, 4.69) is 4.74 Å². The highest BCUT2D eigenvalue weighted by atomic mass is 35.5. The maximum atomic E-state index is 12.2. The van der Waals surface area contributed by atoms with Gasteiger partial charge in [-0.3, -0.25) is 4.79 Å². The molecule has 1 aliphatic heterocycles. The molecular weight excluding hydrogens is 348 g/mol. The summed E-state index contributed by atoms with van der Waals surface area (Å²) in [5.41, 5.74) is -1.16. The van der Waals surface area contributed by atoms with Gasteiger partial charge in [0.25, 0.3) is 0 Å². The Balaban J connectivity index is 2.88. The second kappa shape index (κ2) is 6.49. The Hall–Kier alpha value is -1.23. The molecule has 0 spiro atoms. The van der Waals surface area contributed by atoms with Gasteiger partial charge < -0.3 is 14.8 Å². The molecule has 1 N–H and O–H groups in total. The molecule has 1 fully saturated rings. The molecule has 1 amide bonds. The number of nitrogens with one attached hydrogen (secondary N) is 1. The molecule has 12 heteroatoms. The molecule has 0 aromatic carbocycles. The van der Waals surface area contributed by atoms with Crippen molar-refractivity contribution >= 4 is 23.5 Å². The van der Waals surface area contributed by atoms with E-state index < -0.39 is 54.5 Å². The Morgan fingerprint density at radius 3 is 2.18 bits per heavy atom. The van der Waals surface area contributed by atoms with Crippen LogP contribution in [0.4, 0.5) is 26.3 Å². The largest absolute Gasteiger partial charge is 0.490 e. The summed E-state index contributed by atoms with van der Waals surface area (Å²) in [6, 6.07) is -1.58. The molecule has 1 aliphatic rings. The van der Waals surface area contributed by atoms with Gasteiger partial charge in [-0.25, -0.2) is 4.79 Å². The van der Waals surface area contributed by atoms with Crippen LogP contribution in [0.1, 0.15) is 13.3 Å². The molecule has 1 heterocycles. The minimum absolute atomic E-state index is 0.469. The van der Waals surface area contributed by atoms with Crippen molar-refractivity contribution in [2.75, 3.05) is 0 Å². The van der Waals surface area contributed by atoms with Crippen LogP contribution in [0.2, 0.25) is 0 Å². The maximum absolute atomic E-state index is 12.2. The lowest BCUT2D eigenvalue weighted by molar-refractivity contribution is -0.217. The molecule has 0 aromatic rings. The van der Waals surface area contributed by atoms with E-state index >= 15 is 0 Å². The Morgan fingerprint density at radius 2 is 1.73 bits per heavy atom. The summed E-state index contributed by atoms with van der Waals surface area (Å²) in [6.45, 7) is 1.15. The van der Waals surface area contributed by atoms with Crippen LogP contribution >= 0.6 is 11.6 Å². The summed E-state index contributed by atoms with van der Waals surface area (Å²) >= 11 is 5.58. The van der Waals surface area contributed by atoms with Gasteiger partial charge in [-0.05, 0) is 6.92 Å². The molecule has 5 nitrogen and oxygen atoms in total. The molecule has 128 valence electrons. The summed E-state index contributed by atoms with van der Waals surface area (Å²) in [6.07, 6.45) is -14.1. The number of rotatable bonds is 2. The van der Waals surface area contributed by atoms with E-state index in [1.807, 2.05) is 0 Å². The number of esters is 1. The smallest absolute Gasteiger partial charge is 0.451 e. The van der Waals surface area contributed by atoms with E-state index in [9.17, 15) is 35.9 Å². The van der Waals surface area contributed by atoms with Crippen molar-refractivity contribution in [3.05, 3.63) is 0 Å². The monoisotopic (exact) mass is 357 g/mol. The van der Waals surface area contributed by atoms with E-state index in [4.69, 9.17) is 16.3 Å². The van der Waals surface area contributed by atoms with Crippen molar-refractivity contribution in [1.29, 1.82) is 0 Å². The van der Waals surface area contributed by atoms with Crippen molar-refractivity contribution in [3.63, 3.8) is 0 Å². The number of amides is 1. The fourth-order valence-corrected chi connectivity index (χ4v) is 2.14. The van der Waals surface area contributed by atoms with Crippen LogP contribution in [-0.2, 0) is 19.1 Å². The van der Waals surface area contributed by atoms with Gasteiger partial charge >= 0.3 is 24.2 Å². The first-order chi connectivity index (χ1) is 9.82. The van der Waals surface area contributed by atoms with E-state index in [1.54, 1.807) is 0 Å². The van der Waals surface area contributed by atoms with Crippen molar-refractivity contribution in [2.45, 2.75) is 49.5 Å². The predicted octanol–water partition coefficient (Wildman–Crippen LogP) is 1.88. The van der Waals surface area contributed by atoms with Crippen LogP contribution in [0.15, 0.2) is 0 Å². The van der Waals surface area contributed by atoms with Crippen molar-refractivity contribution in [2.24, 2.45) is 0 Å². The Labute approximate surface area is 124 Å². The molecule has 0 aromatic heterocycles. The highest BCUT2D eigenvalue weighted by molar-refractivity contribution is 6.19. The highest BCUT2D eigenvalue weighted by Gasteiger charge is 2.48. The van der Waals surface area contributed by atoms with Crippen LogP contribution in [0.5, 0.6) is 0 Å². The van der Waals surface area contributed by atoms with Crippen LogP contribution in [0.25, 0.3) is 0 Å². The Morgan fingerprint density at radius 1 is 1.18 bits per heavy atom. The normalized spacial score (nSPS) is 29.8. The van der Waals surface area contributed by atoms with Gasteiger partial charge in [-0.2, -0.15) is 26.3 Å². The van der Waals surface area contributed by atoms with Gasteiger partial charge in [0.2, 0.25) is 0 Å². The van der Waals surface area contributed by atoms with Gasteiger partial charge in [0.05, 0.1) is 12.1 Å². The molecule has 0 aliphatic carbocycles. The van der Waals surface area contributed by atoms with Gasteiger partial charge in [-0.15, -0.1) is 0 Å². The molecule has 0 radical (unpaired) electrons. The minimum atomic E-state index is -5.34. The van der Waals surface area contributed by atoms with E-state index in [1.165, 1.54) is 5.32 Å². The first kappa shape index (κ1) is 18.8. The number of ether oxygens (including phenoxy) is 2. The van der Waals surface area contributed by atoms with Crippen molar-refractivity contribution in [1.82, 2.24) is 5.32 Å². The molecule has 0 saturated carbocycles. The molecule has 4 atom stereocenters. The third-order valence-corrected chi connectivity index (χ3v) is 2.99. The number of carbonyl (C=O) groups excluding carboxylic acids is 2. The lowest BCUT2D eigenvalue weighted by Gasteiger charge is -2.38. The standard InChI is InChI=1S/C10H10ClF6NO4/c1-3-6(22-8(20)10(15,16)17)4(2-5(11)21-3)18-7(19)9(12,13)14/h3-6H,2H2,1H3,(H,18,19)/t3-,4-,5+,6+/m0/s1. The van der Waals surface area contributed by atoms with Crippen LogP contribution < -0.4 is 5.32 Å². The van der Waals surface area contributed by atoms with Crippen molar-refractivity contribution in [3.8, 4) is 0 Å². The number of halogens is 7. The van der Waals surface area contributed by atoms with Gasteiger partial charge in [0.15, 0.2) is 0 Å². The molecule has 22 heavy (non-hydrogen) atoms. The fourth-order valence-electron chi connectivity index (χ4n) is 1.79. The summed E-state index contributed by atoms with van der Waals surface area (Å²) in [5, 5.41) is 1.45. The highest BCUT2D eigenvalue weighted by Crippen LogP contribution is 2.28. The zero-order valence-electron chi connectivity index (χ0n) is 10.8. The third-order valence-electron chi connectivity index (χ3n) is 2.71. The molecule has 0 unspecified atom stereocenters. The van der Waals surface area contributed by atoms with Gasteiger partial charge in [0.1, 0.15) is 11.7 Å². The summed E-state index contributed by atoms with van der Waals surface area (Å²) < 4.78 is 82.2. The lowest BCUT2D eigenvalue weighted by Crippen LogP contribution is -2.58. The first-order valence-corrected chi connectivity index (χ1v) is 6.21. The first-order valence-electron chi connectivity index (χ1n) is 5.77. The molecule has 1 saturated heterocycles. The Kier molecular flexibility index (Phi) is 5.55. The second-order valence-corrected chi connectivity index (χ2v) is 4.92.